The number of furan rings is 1. The molecule has 0 saturated carbocycles. The van der Waals surface area contributed by atoms with Gasteiger partial charge in [0.05, 0.1) is 13.5 Å². The zero-order chi connectivity index (χ0) is 21.1. The quantitative estimate of drug-likeness (QED) is 0.331. The Morgan fingerprint density at radius 1 is 1.20 bits per heavy atom. The molecule has 0 N–H and O–H groups in total. The zero-order valence-corrected chi connectivity index (χ0v) is 14.3. The maximum atomic E-state index is 8.04. The zero-order valence-electron chi connectivity index (χ0n) is 18.3. The van der Waals surface area contributed by atoms with E-state index in [2.05, 4.69) is 4.85 Å². The molecular weight excluding hydrogens is 308 g/mol. The highest BCUT2D eigenvalue weighted by Gasteiger charge is 2.22. The molecule has 3 heteroatoms. The molecule has 2 heterocycles. The minimum absolute atomic E-state index is 0.214. The van der Waals surface area contributed by atoms with Crippen molar-refractivity contribution in [3.8, 4) is 11.3 Å². The Labute approximate surface area is 152 Å². The molecule has 0 aliphatic heterocycles. The van der Waals surface area contributed by atoms with Crippen LogP contribution in [0.1, 0.15) is 22.2 Å². The summed E-state index contributed by atoms with van der Waals surface area (Å²) >= 11 is 0. The summed E-state index contributed by atoms with van der Waals surface area (Å²) in [4.78, 5) is 3.54. The number of pyridine rings is 1. The summed E-state index contributed by atoms with van der Waals surface area (Å²) in [7, 11) is 1.85. The first-order valence-electron chi connectivity index (χ1n) is 9.97. The second-order valence-corrected chi connectivity index (χ2v) is 6.28. The molecule has 3 nitrogen and oxygen atoms in total. The van der Waals surface area contributed by atoms with Crippen LogP contribution in [0.2, 0.25) is 0 Å². The van der Waals surface area contributed by atoms with Crippen LogP contribution in [0.4, 0.5) is 5.69 Å². The Bertz CT molecular complexity index is 1340. The average molecular weight is 331 g/mol. The lowest BCUT2D eigenvalue weighted by molar-refractivity contribution is -0.660. The summed E-state index contributed by atoms with van der Waals surface area (Å²) < 4.78 is 40.2. The van der Waals surface area contributed by atoms with Crippen LogP contribution in [0.5, 0.6) is 0 Å². The average Bonchev–Trinajstić information content (AvgIpc) is 3.03. The molecule has 25 heavy (non-hydrogen) atoms. The van der Waals surface area contributed by atoms with Gasteiger partial charge in [-0.15, -0.1) is 0 Å². The second kappa shape index (κ2) is 5.46. The van der Waals surface area contributed by atoms with Crippen LogP contribution >= 0.6 is 0 Å². The first-order chi connectivity index (χ1) is 13.6. The Kier molecular flexibility index (Phi) is 2.50. The van der Waals surface area contributed by atoms with E-state index < -0.39 is 6.85 Å². The predicted octanol–water partition coefficient (Wildman–Crippen LogP) is 5.55. The van der Waals surface area contributed by atoms with Gasteiger partial charge in [-0.1, -0.05) is 24.3 Å². The van der Waals surface area contributed by atoms with Gasteiger partial charge in [-0.05, 0) is 37.4 Å². The van der Waals surface area contributed by atoms with Crippen molar-refractivity contribution in [2.75, 3.05) is 0 Å². The van der Waals surface area contributed by atoms with Crippen molar-refractivity contribution in [3.63, 3.8) is 0 Å². The Morgan fingerprint density at radius 3 is 2.80 bits per heavy atom. The van der Waals surface area contributed by atoms with E-state index in [-0.39, 0.29) is 5.56 Å². The molecule has 0 atom stereocenters. The van der Waals surface area contributed by atoms with E-state index in [1.807, 2.05) is 31.5 Å². The van der Waals surface area contributed by atoms with E-state index in [1.165, 1.54) is 0 Å². The first-order valence-corrected chi connectivity index (χ1v) is 7.97. The number of hydrogen-bond acceptors (Lipinski definition) is 1. The lowest BCUT2D eigenvalue weighted by atomic mass is 9.96. The van der Waals surface area contributed by atoms with Crippen LogP contribution < -0.4 is 4.57 Å². The molecule has 0 bridgehead atoms. The fourth-order valence-corrected chi connectivity index (χ4v) is 3.36. The van der Waals surface area contributed by atoms with E-state index in [9.17, 15) is 0 Å². The normalized spacial score (nSPS) is 14.0. The molecule has 2 aromatic heterocycles. The molecule has 4 rings (SSSR count). The Hall–Kier alpha value is -3.12. The van der Waals surface area contributed by atoms with E-state index >= 15 is 0 Å². The third-order valence-corrected chi connectivity index (χ3v) is 4.54. The maximum Gasteiger partial charge on any atom is 0.229 e. The predicted molar refractivity (Wildman–Crippen MR) is 101 cm³/mol. The number of para-hydroxylation sites is 1. The summed E-state index contributed by atoms with van der Waals surface area (Å²) in [5, 5.41) is 1.14. The van der Waals surface area contributed by atoms with Gasteiger partial charge < -0.3 is 4.42 Å². The van der Waals surface area contributed by atoms with Crippen molar-refractivity contribution >= 4 is 27.6 Å². The number of nitrogens with zero attached hydrogens (tertiary/aromatic N) is 2. The third kappa shape index (κ3) is 2.22. The SMILES string of the molecule is [2H]c1c[n+](C)c(-c2c(C)cc(C([2H])([2H])[2H])c3c2oc2c([N+]#[C-])cccc23)cc1C. The monoisotopic (exact) mass is 331 g/mol. The number of benzene rings is 2. The largest absolute Gasteiger partial charge is 0.466 e. The molecule has 0 amide bonds. The highest BCUT2D eigenvalue weighted by Crippen LogP contribution is 2.41. The van der Waals surface area contributed by atoms with Crippen LogP contribution in [0, 0.1) is 27.3 Å². The minimum atomic E-state index is -2.32. The molecule has 2 aromatic carbocycles. The van der Waals surface area contributed by atoms with Crippen LogP contribution in [0.3, 0.4) is 0 Å². The van der Waals surface area contributed by atoms with Gasteiger partial charge in [0.1, 0.15) is 18.2 Å². The van der Waals surface area contributed by atoms with Crippen molar-refractivity contribution in [2.24, 2.45) is 7.05 Å². The number of aryl methyl sites for hydroxylation is 4. The molecular formula is C22H19N2O+. The first kappa shape index (κ1) is 11.4. The van der Waals surface area contributed by atoms with Crippen molar-refractivity contribution in [2.45, 2.75) is 20.7 Å². The van der Waals surface area contributed by atoms with E-state index in [0.29, 0.717) is 33.7 Å². The summed E-state index contributed by atoms with van der Waals surface area (Å²) in [5.74, 6) is 0. The van der Waals surface area contributed by atoms with E-state index in [4.69, 9.17) is 16.5 Å². The lowest BCUT2D eigenvalue weighted by Crippen LogP contribution is -2.30. The van der Waals surface area contributed by atoms with Gasteiger partial charge >= 0.3 is 0 Å². The molecule has 0 saturated heterocycles. The molecule has 0 spiro atoms. The van der Waals surface area contributed by atoms with Crippen molar-refractivity contribution in [3.05, 3.63) is 70.7 Å². The van der Waals surface area contributed by atoms with Gasteiger partial charge in [-0.2, -0.15) is 0 Å². The number of aromatic nitrogens is 1. The van der Waals surface area contributed by atoms with Crippen molar-refractivity contribution in [1.82, 2.24) is 0 Å². The van der Waals surface area contributed by atoms with Gasteiger partial charge in [0.15, 0.2) is 6.20 Å². The van der Waals surface area contributed by atoms with Crippen LogP contribution in [-0.4, -0.2) is 0 Å². The molecule has 0 fully saturated rings. The minimum Gasteiger partial charge on any atom is -0.466 e. The highest BCUT2D eigenvalue weighted by atomic mass is 16.3. The molecule has 4 aromatic rings. The van der Waals surface area contributed by atoms with Gasteiger partial charge in [-0.3, -0.25) is 0 Å². The maximum absolute atomic E-state index is 8.04. The van der Waals surface area contributed by atoms with Gasteiger partial charge in [0, 0.05) is 27.0 Å². The van der Waals surface area contributed by atoms with Gasteiger partial charge in [0.2, 0.25) is 11.4 Å². The van der Waals surface area contributed by atoms with Crippen LogP contribution in [0.15, 0.2) is 47.0 Å². The number of rotatable bonds is 1. The summed E-state index contributed by atoms with van der Waals surface area (Å²) in [6, 6.07) is 9.22. The number of fused-ring (bicyclic) bond motifs is 3. The fraction of sp³-hybridized carbons (Fsp3) is 0.182. The van der Waals surface area contributed by atoms with Crippen molar-refractivity contribution in [1.29, 1.82) is 0 Å². The molecule has 0 unspecified atom stereocenters. The molecule has 0 radical (unpaired) electrons. The van der Waals surface area contributed by atoms with E-state index in [1.54, 1.807) is 30.5 Å². The second-order valence-electron chi connectivity index (χ2n) is 6.28. The fourth-order valence-electron chi connectivity index (χ4n) is 3.36. The standard InChI is InChI=1S/C22H19N2O/c1-13-9-10-24(5)18(11-13)20-15(3)12-14(2)19-16-7-6-8-17(23-4)21(16)25-22(19)20/h6-12H,1-3,5H3/q+1/i2D3,9D. The lowest BCUT2D eigenvalue weighted by Gasteiger charge is -2.08. The third-order valence-electron chi connectivity index (χ3n) is 4.54. The highest BCUT2D eigenvalue weighted by molar-refractivity contribution is 6.14. The number of hydrogen-bond donors (Lipinski definition) is 0. The van der Waals surface area contributed by atoms with Gasteiger partial charge in [-0.25, -0.2) is 9.41 Å². The van der Waals surface area contributed by atoms with Gasteiger partial charge in [0.25, 0.3) is 0 Å². The van der Waals surface area contributed by atoms with Crippen molar-refractivity contribution < 1.29 is 14.5 Å². The Balaban J connectivity index is 2.25. The van der Waals surface area contributed by atoms with Crippen LogP contribution in [-0.2, 0) is 7.05 Å². The smallest absolute Gasteiger partial charge is 0.229 e. The summed E-state index contributed by atoms with van der Waals surface area (Å²) in [6.07, 6.45) is 1.72. The summed E-state index contributed by atoms with van der Waals surface area (Å²) in [5.41, 5.74) is 4.57. The molecule has 0 aliphatic rings. The topological polar surface area (TPSA) is 21.4 Å². The Morgan fingerprint density at radius 2 is 2.04 bits per heavy atom. The molecule has 122 valence electrons. The van der Waals surface area contributed by atoms with Crippen LogP contribution in [0.25, 0.3) is 38.0 Å². The summed E-state index contributed by atoms with van der Waals surface area (Å²) in [6.45, 7) is 8.85. The van der Waals surface area contributed by atoms with E-state index in [0.717, 1.165) is 22.4 Å². The molecule has 0 aliphatic carbocycles.